The molecule has 0 saturated carbocycles. The maximum atomic E-state index is 10.2. The first kappa shape index (κ1) is 27.8. The fourth-order valence-electron chi connectivity index (χ4n) is 2.41. The van der Waals surface area contributed by atoms with Gasteiger partial charge in [0.1, 0.15) is 6.61 Å². The number of nitrogens with zero attached hydrogens (tertiary/aromatic N) is 1. The Morgan fingerprint density at radius 3 is 1.16 bits per heavy atom. The van der Waals surface area contributed by atoms with Crippen molar-refractivity contribution in [1.29, 1.82) is 0 Å². The van der Waals surface area contributed by atoms with Gasteiger partial charge in [-0.1, -0.05) is 90.4 Å². The Balaban J connectivity index is 0. The highest BCUT2D eigenvalue weighted by Crippen LogP contribution is 2.12. The Morgan fingerprint density at radius 1 is 0.600 bits per heavy atom. The van der Waals surface area contributed by atoms with Crippen LogP contribution in [0.3, 0.4) is 0 Å². The summed E-state index contributed by atoms with van der Waals surface area (Å²) in [6, 6.07) is 0. The zero-order valence-corrected chi connectivity index (χ0v) is 19.8. The van der Waals surface area contributed by atoms with Crippen molar-refractivity contribution in [2.75, 3.05) is 34.8 Å². The fraction of sp³-hybridized carbons (Fsp3) is 1.00. The minimum Gasteiger partial charge on any atom is -0.396 e. The molecule has 4 nitrogen and oxygen atoms in total. The van der Waals surface area contributed by atoms with E-state index >= 15 is 0 Å². The van der Waals surface area contributed by atoms with E-state index in [2.05, 4.69) is 38.2 Å². The maximum Gasteiger partial charge on any atom is 0.506 e. The highest BCUT2D eigenvalue weighted by Gasteiger charge is 2.09. The highest BCUT2D eigenvalue weighted by atomic mass is 127. The summed E-state index contributed by atoms with van der Waals surface area (Å²) in [6.07, 6.45) is 18.4. The summed E-state index contributed by atoms with van der Waals surface area (Å²) in [5, 5.41) is 0. The number of halogens is 1. The Bertz CT molecular complexity index is 240. The van der Waals surface area contributed by atoms with E-state index in [0.29, 0.717) is 6.61 Å². The molecular formula is C20H45INO3+. The largest absolute Gasteiger partial charge is 0.506 e. The van der Waals surface area contributed by atoms with Gasteiger partial charge in [-0.25, -0.2) is 0 Å². The molecule has 0 aromatic carbocycles. The van der Waals surface area contributed by atoms with Crippen LogP contribution in [0.25, 0.3) is 0 Å². The molecule has 0 aliphatic heterocycles. The normalized spacial score (nSPS) is 11.5. The van der Waals surface area contributed by atoms with E-state index in [4.69, 9.17) is 0 Å². The van der Waals surface area contributed by atoms with Gasteiger partial charge in [0.15, 0.2) is 0 Å². The molecule has 0 amide bonds. The third-order valence-electron chi connectivity index (χ3n) is 3.66. The van der Waals surface area contributed by atoms with Gasteiger partial charge in [-0.15, -0.1) is 0 Å². The van der Waals surface area contributed by atoms with Gasteiger partial charge >= 0.3 is 21.1 Å². The summed E-state index contributed by atoms with van der Waals surface area (Å²) < 4.78 is 26.1. The third kappa shape index (κ3) is 40.5. The molecule has 0 N–H and O–H groups in total. The second-order valence-electron chi connectivity index (χ2n) is 8.28. The van der Waals surface area contributed by atoms with Crippen LogP contribution < -0.4 is 27.9 Å². The second-order valence-corrected chi connectivity index (χ2v) is 9.98. The summed E-state index contributed by atoms with van der Waals surface area (Å²) in [5.74, 6) is 0. The SMILES string of the molecule is CCCCCCCCCCCCCCCCO[I+2]([O-])[O-].C[N+](C)(C)C. The number of quaternary nitrogens is 1. The van der Waals surface area contributed by atoms with Crippen LogP contribution in [0.4, 0.5) is 0 Å². The Hall–Kier alpha value is 0.570. The molecule has 0 atom stereocenters. The number of rotatable bonds is 16. The summed E-state index contributed by atoms with van der Waals surface area (Å²) in [7, 11) is 8.50. The van der Waals surface area contributed by atoms with Gasteiger partial charge in [-0.05, 0) is 9.49 Å². The molecule has 0 saturated heterocycles. The molecular weight excluding hydrogens is 429 g/mol. The van der Waals surface area contributed by atoms with Crippen molar-refractivity contribution in [2.45, 2.75) is 96.8 Å². The van der Waals surface area contributed by atoms with E-state index in [1.54, 1.807) is 0 Å². The third-order valence-corrected chi connectivity index (χ3v) is 4.61. The van der Waals surface area contributed by atoms with Crippen molar-refractivity contribution in [3.63, 3.8) is 0 Å². The first-order valence-corrected chi connectivity index (χ1v) is 12.9. The van der Waals surface area contributed by atoms with Crippen LogP contribution in [0, 0.1) is 0 Å². The van der Waals surface area contributed by atoms with E-state index in [-0.39, 0.29) is 0 Å². The van der Waals surface area contributed by atoms with Crippen LogP contribution in [0.15, 0.2) is 0 Å². The predicted octanol–water partition coefficient (Wildman–Crippen LogP) is 0.897. The molecule has 154 valence electrons. The topological polar surface area (TPSA) is 55.3 Å². The van der Waals surface area contributed by atoms with Gasteiger partial charge in [0, 0.05) is 0 Å². The van der Waals surface area contributed by atoms with Gasteiger partial charge in [-0.2, -0.15) is 0 Å². The molecule has 0 bridgehead atoms. The first-order chi connectivity index (χ1) is 11.8. The predicted molar refractivity (Wildman–Crippen MR) is 100 cm³/mol. The molecule has 25 heavy (non-hydrogen) atoms. The quantitative estimate of drug-likeness (QED) is 0.190. The smallest absolute Gasteiger partial charge is 0.396 e. The highest BCUT2D eigenvalue weighted by molar-refractivity contribution is 4.49. The van der Waals surface area contributed by atoms with Gasteiger partial charge in [0.2, 0.25) is 0 Å². The van der Waals surface area contributed by atoms with E-state index in [9.17, 15) is 6.87 Å². The number of unbranched alkanes of at least 4 members (excludes halogenated alkanes) is 13. The molecule has 0 unspecified atom stereocenters. The van der Waals surface area contributed by atoms with Gasteiger partial charge in [-0.3, -0.25) is 0 Å². The van der Waals surface area contributed by atoms with E-state index in [0.717, 1.165) is 17.3 Å². The molecule has 5 heteroatoms. The summed E-state index contributed by atoms with van der Waals surface area (Å²) in [6.45, 7) is 2.66. The molecule has 0 aliphatic carbocycles. The Kier molecular flexibility index (Phi) is 23.2. The summed E-state index contributed by atoms with van der Waals surface area (Å²) >= 11 is -3.41. The standard InChI is InChI=1S/C16H33IO3.C4H12N/c1-2-3-4-5-6-7-8-9-10-11-12-13-14-15-16-20-17(18)19;1-5(2,3)4/h2-16H2,1H3;1-4H3/q;+1. The van der Waals surface area contributed by atoms with Crippen LogP contribution in [-0.2, 0) is 3.07 Å². The van der Waals surface area contributed by atoms with Crippen molar-refractivity contribution >= 4 is 0 Å². The number of hydrogen-bond acceptors (Lipinski definition) is 3. The van der Waals surface area contributed by atoms with Crippen molar-refractivity contribution in [3.8, 4) is 0 Å². The first-order valence-electron chi connectivity index (χ1n) is 10.2. The molecule has 0 heterocycles. The lowest BCUT2D eigenvalue weighted by Gasteiger charge is -2.14. The van der Waals surface area contributed by atoms with E-state index < -0.39 is 21.1 Å². The molecule has 0 rings (SSSR count). The fourth-order valence-corrected chi connectivity index (χ4v) is 3.09. The van der Waals surface area contributed by atoms with Crippen molar-refractivity contribution in [2.24, 2.45) is 0 Å². The van der Waals surface area contributed by atoms with Crippen molar-refractivity contribution in [3.05, 3.63) is 0 Å². The summed E-state index contributed by atoms with van der Waals surface area (Å²) in [5.41, 5.74) is 0. The molecule has 0 radical (unpaired) electrons. The van der Waals surface area contributed by atoms with E-state index in [1.165, 1.54) is 77.0 Å². The molecule has 0 aromatic heterocycles. The average Bonchev–Trinajstić information content (AvgIpc) is 2.49. The second kappa shape index (κ2) is 20.9. The number of hydrogen-bond donors (Lipinski definition) is 0. The zero-order chi connectivity index (χ0) is 19.4. The van der Waals surface area contributed by atoms with Crippen LogP contribution in [0.5, 0.6) is 0 Å². The minimum absolute atomic E-state index is 0.399. The van der Waals surface area contributed by atoms with Gasteiger partial charge in [0.25, 0.3) is 0 Å². The maximum absolute atomic E-state index is 10.2. The monoisotopic (exact) mass is 474 g/mol. The summed E-state index contributed by atoms with van der Waals surface area (Å²) in [4.78, 5) is 0. The van der Waals surface area contributed by atoms with Gasteiger partial charge in [0.05, 0.1) is 28.2 Å². The van der Waals surface area contributed by atoms with Crippen molar-refractivity contribution < 1.29 is 35.5 Å². The van der Waals surface area contributed by atoms with Crippen molar-refractivity contribution in [1.82, 2.24) is 0 Å². The Labute approximate surface area is 167 Å². The average molecular weight is 474 g/mol. The molecule has 0 spiro atoms. The molecule has 0 aromatic rings. The molecule has 0 aliphatic rings. The van der Waals surface area contributed by atoms with Gasteiger partial charge < -0.3 is 11.4 Å². The van der Waals surface area contributed by atoms with Crippen LogP contribution in [0.2, 0.25) is 0 Å². The van der Waals surface area contributed by atoms with E-state index in [1.807, 2.05) is 0 Å². The zero-order valence-electron chi connectivity index (χ0n) is 17.7. The lowest BCUT2D eigenvalue weighted by atomic mass is 10.0. The van der Waals surface area contributed by atoms with Crippen LogP contribution >= 0.6 is 0 Å². The molecule has 0 fully saturated rings. The van der Waals surface area contributed by atoms with Crippen LogP contribution in [-0.4, -0.2) is 39.3 Å². The lowest BCUT2D eigenvalue weighted by molar-refractivity contribution is -1.63. The minimum atomic E-state index is -3.41. The Morgan fingerprint density at radius 2 is 0.880 bits per heavy atom. The lowest BCUT2D eigenvalue weighted by Crippen LogP contribution is -3.99. The van der Waals surface area contributed by atoms with Crippen LogP contribution in [0.1, 0.15) is 96.8 Å².